The maximum atomic E-state index is 13.7. The third-order valence-corrected chi connectivity index (χ3v) is 6.04. The van der Waals surface area contributed by atoms with Crippen molar-refractivity contribution in [2.45, 2.75) is 65.3 Å². The Bertz CT molecular complexity index is 1140. The molecule has 6 heteroatoms. The van der Waals surface area contributed by atoms with Crippen molar-refractivity contribution in [3.63, 3.8) is 0 Å². The SMILES string of the molecule is CCCCCC(=O)N(CCCC)C(C)c1nc2ccccc2c(=O)n1-c1ccccc1OC. The van der Waals surface area contributed by atoms with Gasteiger partial charge in [0.15, 0.2) is 0 Å². The fourth-order valence-corrected chi connectivity index (χ4v) is 4.15. The molecule has 0 saturated heterocycles. The van der Waals surface area contributed by atoms with E-state index in [4.69, 9.17) is 9.72 Å². The fourth-order valence-electron chi connectivity index (χ4n) is 4.15. The van der Waals surface area contributed by atoms with Gasteiger partial charge in [-0.1, -0.05) is 57.4 Å². The minimum atomic E-state index is -0.368. The second-order valence-corrected chi connectivity index (χ2v) is 8.37. The van der Waals surface area contributed by atoms with E-state index in [1.165, 1.54) is 0 Å². The zero-order valence-electron chi connectivity index (χ0n) is 20.2. The average Bonchev–Trinajstić information content (AvgIpc) is 2.84. The van der Waals surface area contributed by atoms with Crippen LogP contribution in [-0.2, 0) is 4.79 Å². The molecule has 0 radical (unpaired) electrons. The molecule has 33 heavy (non-hydrogen) atoms. The molecule has 1 aromatic heterocycles. The number of carbonyl (C=O) groups excluding carboxylic acids is 1. The predicted octanol–water partition coefficient (Wildman–Crippen LogP) is 5.66. The average molecular weight is 450 g/mol. The molecule has 0 N–H and O–H groups in total. The monoisotopic (exact) mass is 449 g/mol. The Morgan fingerprint density at radius 3 is 2.45 bits per heavy atom. The van der Waals surface area contributed by atoms with Crippen molar-refractivity contribution in [3.8, 4) is 11.4 Å². The molecule has 1 unspecified atom stereocenters. The van der Waals surface area contributed by atoms with E-state index in [0.29, 0.717) is 41.1 Å². The van der Waals surface area contributed by atoms with Crippen LogP contribution in [-0.4, -0.2) is 34.0 Å². The zero-order valence-corrected chi connectivity index (χ0v) is 20.2. The maximum Gasteiger partial charge on any atom is 0.266 e. The summed E-state index contributed by atoms with van der Waals surface area (Å²) in [6, 6.07) is 14.4. The number of hydrogen-bond acceptors (Lipinski definition) is 4. The molecule has 1 amide bonds. The van der Waals surface area contributed by atoms with Gasteiger partial charge in [0.05, 0.1) is 29.7 Å². The molecule has 2 aromatic carbocycles. The highest BCUT2D eigenvalue weighted by molar-refractivity contribution is 5.79. The van der Waals surface area contributed by atoms with Gasteiger partial charge >= 0.3 is 0 Å². The van der Waals surface area contributed by atoms with Crippen LogP contribution in [0.4, 0.5) is 0 Å². The number of unbranched alkanes of at least 4 members (excludes halogenated alkanes) is 3. The smallest absolute Gasteiger partial charge is 0.266 e. The van der Waals surface area contributed by atoms with Crippen LogP contribution in [0.25, 0.3) is 16.6 Å². The van der Waals surface area contributed by atoms with Crippen LogP contribution in [0.15, 0.2) is 53.3 Å². The molecule has 3 rings (SSSR count). The number of rotatable bonds is 11. The van der Waals surface area contributed by atoms with Gasteiger partial charge in [0.2, 0.25) is 5.91 Å². The van der Waals surface area contributed by atoms with Gasteiger partial charge in [-0.2, -0.15) is 0 Å². The first-order chi connectivity index (χ1) is 16.0. The molecule has 0 saturated carbocycles. The predicted molar refractivity (Wildman–Crippen MR) is 133 cm³/mol. The van der Waals surface area contributed by atoms with E-state index in [9.17, 15) is 9.59 Å². The first-order valence-corrected chi connectivity index (χ1v) is 12.0. The summed E-state index contributed by atoms with van der Waals surface area (Å²) in [4.78, 5) is 33.7. The summed E-state index contributed by atoms with van der Waals surface area (Å²) in [5.41, 5.74) is 1.09. The van der Waals surface area contributed by atoms with Crippen LogP contribution < -0.4 is 10.3 Å². The maximum absolute atomic E-state index is 13.7. The topological polar surface area (TPSA) is 64.4 Å². The fraction of sp³-hybridized carbons (Fsp3) is 0.444. The number of fused-ring (bicyclic) bond motifs is 1. The van der Waals surface area contributed by atoms with Gasteiger partial charge < -0.3 is 9.64 Å². The van der Waals surface area contributed by atoms with E-state index >= 15 is 0 Å². The molecule has 0 aliphatic carbocycles. The second kappa shape index (κ2) is 11.6. The molecule has 6 nitrogen and oxygen atoms in total. The minimum absolute atomic E-state index is 0.110. The first kappa shape index (κ1) is 24.5. The third kappa shape index (κ3) is 5.44. The number of amides is 1. The molecule has 176 valence electrons. The molecular formula is C27H35N3O3. The summed E-state index contributed by atoms with van der Waals surface area (Å²) in [6.45, 7) is 6.85. The van der Waals surface area contributed by atoms with Crippen molar-refractivity contribution in [1.29, 1.82) is 0 Å². The van der Waals surface area contributed by atoms with E-state index in [1.54, 1.807) is 17.7 Å². The second-order valence-electron chi connectivity index (χ2n) is 8.37. The summed E-state index contributed by atoms with van der Waals surface area (Å²) in [6.07, 6.45) is 5.36. The van der Waals surface area contributed by atoms with Crippen molar-refractivity contribution >= 4 is 16.8 Å². The number of hydrogen-bond donors (Lipinski definition) is 0. The third-order valence-electron chi connectivity index (χ3n) is 6.04. The quantitative estimate of drug-likeness (QED) is 0.354. The normalized spacial score (nSPS) is 12.0. The van der Waals surface area contributed by atoms with Gasteiger partial charge in [-0.05, 0) is 44.0 Å². The van der Waals surface area contributed by atoms with Crippen molar-refractivity contribution in [2.24, 2.45) is 0 Å². The Hall–Kier alpha value is -3.15. The highest BCUT2D eigenvalue weighted by Gasteiger charge is 2.27. The van der Waals surface area contributed by atoms with Crippen molar-refractivity contribution < 1.29 is 9.53 Å². The number of aromatic nitrogens is 2. The van der Waals surface area contributed by atoms with Gasteiger partial charge in [0, 0.05) is 13.0 Å². The summed E-state index contributed by atoms with van der Waals surface area (Å²) < 4.78 is 7.19. The number of carbonyl (C=O) groups is 1. The van der Waals surface area contributed by atoms with E-state index in [1.807, 2.05) is 54.3 Å². The van der Waals surface area contributed by atoms with Gasteiger partial charge in [-0.25, -0.2) is 4.98 Å². The lowest BCUT2D eigenvalue weighted by Gasteiger charge is -2.31. The molecule has 1 heterocycles. The van der Waals surface area contributed by atoms with E-state index < -0.39 is 0 Å². The summed E-state index contributed by atoms with van der Waals surface area (Å²) >= 11 is 0. The summed E-state index contributed by atoms with van der Waals surface area (Å²) in [5.74, 6) is 1.24. The van der Waals surface area contributed by atoms with Gasteiger partial charge in [-0.15, -0.1) is 0 Å². The largest absolute Gasteiger partial charge is 0.495 e. The molecule has 0 fully saturated rings. The molecule has 0 bridgehead atoms. The van der Waals surface area contributed by atoms with Gasteiger partial charge in [0.1, 0.15) is 11.6 Å². The van der Waals surface area contributed by atoms with E-state index in [0.717, 1.165) is 32.1 Å². The molecular weight excluding hydrogens is 414 g/mol. The molecule has 3 aromatic rings. The lowest BCUT2D eigenvalue weighted by atomic mass is 10.1. The molecule has 1 atom stereocenters. The van der Waals surface area contributed by atoms with Crippen molar-refractivity contribution in [3.05, 3.63) is 64.7 Å². The number of para-hydroxylation sites is 3. The Kier molecular flexibility index (Phi) is 8.64. The van der Waals surface area contributed by atoms with Crippen LogP contribution >= 0.6 is 0 Å². The number of benzene rings is 2. The molecule has 0 aliphatic heterocycles. The van der Waals surface area contributed by atoms with Gasteiger partial charge in [-0.3, -0.25) is 14.2 Å². The standard InChI is InChI=1S/C27H35N3O3/c1-5-7-9-18-25(31)29(19-8-6-2)20(3)26-28-22-15-11-10-14-21(22)27(32)30(26)23-16-12-13-17-24(23)33-4/h10-17,20H,5-9,18-19H2,1-4H3. The Balaban J connectivity index is 2.18. The highest BCUT2D eigenvalue weighted by Crippen LogP contribution is 2.28. The van der Waals surface area contributed by atoms with Crippen LogP contribution in [0.1, 0.15) is 71.2 Å². The zero-order chi connectivity index (χ0) is 23.8. The summed E-state index contributed by atoms with van der Waals surface area (Å²) in [5, 5.41) is 0.536. The number of methoxy groups -OCH3 is 1. The Labute approximate surface area is 196 Å². The van der Waals surface area contributed by atoms with Crippen LogP contribution in [0.2, 0.25) is 0 Å². The highest BCUT2D eigenvalue weighted by atomic mass is 16.5. The van der Waals surface area contributed by atoms with Crippen molar-refractivity contribution in [1.82, 2.24) is 14.5 Å². The van der Waals surface area contributed by atoms with E-state index in [2.05, 4.69) is 13.8 Å². The lowest BCUT2D eigenvalue weighted by Crippen LogP contribution is -2.38. The van der Waals surface area contributed by atoms with Crippen LogP contribution in [0.5, 0.6) is 5.75 Å². The Morgan fingerprint density at radius 1 is 1.03 bits per heavy atom. The van der Waals surface area contributed by atoms with E-state index in [-0.39, 0.29) is 17.5 Å². The summed E-state index contributed by atoms with van der Waals surface area (Å²) in [7, 11) is 1.59. The number of ether oxygens (including phenoxy) is 1. The lowest BCUT2D eigenvalue weighted by molar-refractivity contribution is -0.133. The first-order valence-electron chi connectivity index (χ1n) is 12.0. The van der Waals surface area contributed by atoms with Crippen LogP contribution in [0.3, 0.4) is 0 Å². The van der Waals surface area contributed by atoms with Crippen LogP contribution in [0, 0.1) is 0 Å². The van der Waals surface area contributed by atoms with Gasteiger partial charge in [0.25, 0.3) is 5.56 Å². The minimum Gasteiger partial charge on any atom is -0.495 e. The Morgan fingerprint density at radius 2 is 1.73 bits per heavy atom. The molecule has 0 aliphatic rings. The molecule has 0 spiro atoms. The number of nitrogens with zero attached hydrogens (tertiary/aromatic N) is 3. The van der Waals surface area contributed by atoms with Crippen molar-refractivity contribution in [2.75, 3.05) is 13.7 Å².